The van der Waals surface area contributed by atoms with Crippen molar-refractivity contribution in [3.63, 3.8) is 0 Å². The van der Waals surface area contributed by atoms with E-state index in [9.17, 15) is 4.79 Å². The van der Waals surface area contributed by atoms with Gasteiger partial charge in [-0.2, -0.15) is 5.21 Å². The number of aromatic amines is 1. The third kappa shape index (κ3) is 4.46. The summed E-state index contributed by atoms with van der Waals surface area (Å²) in [4.78, 5) is 12.9. The van der Waals surface area contributed by atoms with Crippen molar-refractivity contribution in [2.75, 3.05) is 13.1 Å². The van der Waals surface area contributed by atoms with Crippen LogP contribution in [0.15, 0.2) is 24.3 Å². The predicted molar refractivity (Wildman–Crippen MR) is 94.6 cm³/mol. The summed E-state index contributed by atoms with van der Waals surface area (Å²) in [7, 11) is 0. The number of hydrogen-bond acceptors (Lipinski definition) is 6. The van der Waals surface area contributed by atoms with Crippen molar-refractivity contribution in [1.82, 2.24) is 31.3 Å². The molecule has 9 heteroatoms. The zero-order chi connectivity index (χ0) is 17.0. The van der Waals surface area contributed by atoms with Crippen molar-refractivity contribution in [3.8, 4) is 5.75 Å². The van der Waals surface area contributed by atoms with Gasteiger partial charge in [0.15, 0.2) is 11.4 Å². The number of aromatic nitrogens is 4. The largest absolute Gasteiger partial charge is 0.477 e. The normalized spacial score (nSPS) is 17.2. The zero-order valence-corrected chi connectivity index (χ0v) is 15.1. The van der Waals surface area contributed by atoms with Crippen molar-refractivity contribution in [3.05, 3.63) is 35.7 Å². The SMILES string of the molecule is Cc1ccc(OC2(C(=O)NC(C)c3nn[nH]n3)CCNCC2)cc1.Cl. The zero-order valence-electron chi connectivity index (χ0n) is 14.3. The number of carbonyl (C=O) groups excluding carboxylic acids is 1. The summed E-state index contributed by atoms with van der Waals surface area (Å²) < 4.78 is 6.16. The Hall–Kier alpha value is -2.19. The van der Waals surface area contributed by atoms with Gasteiger partial charge in [0.05, 0.1) is 6.04 Å². The molecule has 1 amide bonds. The number of nitrogens with zero attached hydrogens (tertiary/aromatic N) is 3. The molecule has 136 valence electrons. The van der Waals surface area contributed by atoms with E-state index in [1.54, 1.807) is 0 Å². The van der Waals surface area contributed by atoms with Crippen LogP contribution in [0.4, 0.5) is 0 Å². The Morgan fingerprint density at radius 2 is 1.96 bits per heavy atom. The second-order valence-electron chi connectivity index (χ2n) is 6.12. The first-order valence-electron chi connectivity index (χ1n) is 8.10. The highest BCUT2D eigenvalue weighted by atomic mass is 35.5. The Morgan fingerprint density at radius 3 is 2.56 bits per heavy atom. The van der Waals surface area contributed by atoms with Gasteiger partial charge in [0.2, 0.25) is 0 Å². The quantitative estimate of drug-likeness (QED) is 0.736. The van der Waals surface area contributed by atoms with Crippen LogP contribution in [0.25, 0.3) is 0 Å². The molecule has 1 atom stereocenters. The van der Waals surface area contributed by atoms with E-state index < -0.39 is 5.60 Å². The molecule has 0 aliphatic carbocycles. The van der Waals surface area contributed by atoms with Crippen molar-refractivity contribution >= 4 is 18.3 Å². The Kier molecular flexibility index (Phi) is 6.33. The first-order valence-corrected chi connectivity index (χ1v) is 8.10. The van der Waals surface area contributed by atoms with E-state index >= 15 is 0 Å². The number of nitrogens with one attached hydrogen (secondary N) is 3. The summed E-state index contributed by atoms with van der Waals surface area (Å²) >= 11 is 0. The maximum atomic E-state index is 12.9. The predicted octanol–water partition coefficient (Wildman–Crippen LogP) is 1.31. The lowest BCUT2D eigenvalue weighted by atomic mass is 9.90. The minimum atomic E-state index is -0.890. The van der Waals surface area contributed by atoms with Gasteiger partial charge in [-0.3, -0.25) is 4.79 Å². The highest BCUT2D eigenvalue weighted by Gasteiger charge is 2.42. The van der Waals surface area contributed by atoms with E-state index in [2.05, 4.69) is 31.3 Å². The number of carbonyl (C=O) groups is 1. The van der Waals surface area contributed by atoms with Gasteiger partial charge in [-0.25, -0.2) is 0 Å². The molecular formula is C16H23ClN6O2. The number of piperidine rings is 1. The highest BCUT2D eigenvalue weighted by Crippen LogP contribution is 2.28. The number of rotatable bonds is 5. The molecule has 3 rings (SSSR count). The van der Waals surface area contributed by atoms with Crippen LogP contribution in [0.1, 0.15) is 37.2 Å². The standard InChI is InChI=1S/C16H22N6O2.ClH/c1-11-3-5-13(6-4-11)24-16(7-9-17-10-8-16)15(23)18-12(2)14-19-21-22-20-14;/h3-6,12,17H,7-10H2,1-2H3,(H,18,23)(H,19,20,21,22);1H. The third-order valence-electron chi connectivity index (χ3n) is 4.26. The average Bonchev–Trinajstić information content (AvgIpc) is 3.12. The molecule has 8 nitrogen and oxygen atoms in total. The number of H-pyrrole nitrogens is 1. The van der Waals surface area contributed by atoms with Gasteiger partial charge in [0.25, 0.3) is 5.91 Å². The molecular weight excluding hydrogens is 344 g/mol. The average molecular weight is 367 g/mol. The van der Waals surface area contributed by atoms with Gasteiger partial charge in [0.1, 0.15) is 5.75 Å². The molecule has 2 aromatic rings. The first-order chi connectivity index (χ1) is 11.6. The molecule has 0 spiro atoms. The maximum absolute atomic E-state index is 12.9. The van der Waals surface area contributed by atoms with E-state index in [0.717, 1.165) is 18.7 Å². The van der Waals surface area contributed by atoms with E-state index in [1.165, 1.54) is 0 Å². The summed E-state index contributed by atoms with van der Waals surface area (Å²) in [5, 5.41) is 20.0. The molecule has 0 saturated carbocycles. The Labute approximate surface area is 152 Å². The van der Waals surface area contributed by atoms with Gasteiger partial charge in [-0.1, -0.05) is 22.9 Å². The van der Waals surface area contributed by atoms with Crippen LogP contribution in [0.5, 0.6) is 5.75 Å². The van der Waals surface area contributed by atoms with Crippen LogP contribution < -0.4 is 15.4 Å². The van der Waals surface area contributed by atoms with E-state index in [4.69, 9.17) is 4.74 Å². The minimum absolute atomic E-state index is 0. The lowest BCUT2D eigenvalue weighted by Gasteiger charge is -2.37. The van der Waals surface area contributed by atoms with E-state index in [-0.39, 0.29) is 24.4 Å². The van der Waals surface area contributed by atoms with Gasteiger partial charge in [0, 0.05) is 12.8 Å². The fourth-order valence-electron chi connectivity index (χ4n) is 2.78. The van der Waals surface area contributed by atoms with Crippen LogP contribution in [0, 0.1) is 6.92 Å². The van der Waals surface area contributed by atoms with E-state index in [1.807, 2.05) is 38.1 Å². The molecule has 2 heterocycles. The van der Waals surface area contributed by atoms with Gasteiger partial charge in [-0.15, -0.1) is 22.6 Å². The third-order valence-corrected chi connectivity index (χ3v) is 4.26. The van der Waals surface area contributed by atoms with Crippen molar-refractivity contribution in [2.45, 2.75) is 38.3 Å². The molecule has 0 radical (unpaired) electrons. The summed E-state index contributed by atoms with van der Waals surface area (Å²) in [6.07, 6.45) is 1.21. The fraction of sp³-hybridized carbons (Fsp3) is 0.500. The summed E-state index contributed by atoms with van der Waals surface area (Å²) in [5.74, 6) is 0.995. The summed E-state index contributed by atoms with van der Waals surface area (Å²) in [6.45, 7) is 5.30. The second kappa shape index (κ2) is 8.26. The summed E-state index contributed by atoms with van der Waals surface area (Å²) in [6, 6.07) is 7.41. The van der Waals surface area contributed by atoms with Crippen molar-refractivity contribution in [2.24, 2.45) is 0 Å². The fourth-order valence-corrected chi connectivity index (χ4v) is 2.78. The number of aryl methyl sites for hydroxylation is 1. The number of tetrazole rings is 1. The molecule has 1 fully saturated rings. The number of ether oxygens (including phenoxy) is 1. The lowest BCUT2D eigenvalue weighted by Crippen LogP contribution is -2.57. The number of hydrogen-bond donors (Lipinski definition) is 3. The maximum Gasteiger partial charge on any atom is 0.264 e. The van der Waals surface area contributed by atoms with Crippen LogP contribution in [0.2, 0.25) is 0 Å². The molecule has 25 heavy (non-hydrogen) atoms. The molecule has 1 aliphatic rings. The topological polar surface area (TPSA) is 105 Å². The smallest absolute Gasteiger partial charge is 0.264 e. The summed E-state index contributed by atoms with van der Waals surface area (Å²) in [5.41, 5.74) is 0.260. The minimum Gasteiger partial charge on any atom is -0.477 e. The molecule has 1 aliphatic heterocycles. The van der Waals surface area contributed by atoms with Crippen molar-refractivity contribution < 1.29 is 9.53 Å². The van der Waals surface area contributed by atoms with Crippen LogP contribution >= 0.6 is 12.4 Å². The Morgan fingerprint density at radius 1 is 1.28 bits per heavy atom. The number of amides is 1. The first kappa shape index (κ1) is 19.1. The molecule has 3 N–H and O–H groups in total. The van der Waals surface area contributed by atoms with Crippen LogP contribution in [-0.4, -0.2) is 45.2 Å². The molecule has 0 bridgehead atoms. The number of benzene rings is 1. The van der Waals surface area contributed by atoms with Gasteiger partial charge < -0.3 is 15.4 Å². The number of halogens is 1. The van der Waals surface area contributed by atoms with Crippen molar-refractivity contribution in [1.29, 1.82) is 0 Å². The monoisotopic (exact) mass is 366 g/mol. The van der Waals surface area contributed by atoms with Gasteiger partial charge in [-0.05, 0) is 39.1 Å². The van der Waals surface area contributed by atoms with E-state index in [0.29, 0.717) is 24.4 Å². The van der Waals surface area contributed by atoms with Crippen LogP contribution in [-0.2, 0) is 4.79 Å². The highest BCUT2D eigenvalue weighted by molar-refractivity contribution is 5.86. The Bertz CT molecular complexity index is 670. The Balaban J connectivity index is 0.00000225. The van der Waals surface area contributed by atoms with Crippen LogP contribution in [0.3, 0.4) is 0 Å². The molecule has 1 unspecified atom stereocenters. The second-order valence-corrected chi connectivity index (χ2v) is 6.12. The lowest BCUT2D eigenvalue weighted by molar-refractivity contribution is -0.140. The van der Waals surface area contributed by atoms with Gasteiger partial charge >= 0.3 is 0 Å². The molecule has 1 aromatic heterocycles. The molecule has 1 aromatic carbocycles. The molecule has 1 saturated heterocycles.